The highest BCUT2D eigenvalue weighted by Crippen LogP contribution is 2.43. The van der Waals surface area contributed by atoms with Crippen LogP contribution in [-0.2, 0) is 23.8 Å². The summed E-state index contributed by atoms with van der Waals surface area (Å²) in [6.45, 7) is 8.56. The van der Waals surface area contributed by atoms with Crippen LogP contribution in [0.15, 0.2) is 21.5 Å². The quantitative estimate of drug-likeness (QED) is 0.249. The maximum atomic E-state index is 11.5. The van der Waals surface area contributed by atoms with Crippen LogP contribution in [0.4, 0.5) is 11.8 Å². The molecule has 222 valence electrons. The van der Waals surface area contributed by atoms with Crippen LogP contribution in [0.3, 0.4) is 0 Å². The second kappa shape index (κ2) is 13.6. The van der Waals surface area contributed by atoms with Gasteiger partial charge < -0.3 is 34.3 Å². The molecule has 0 saturated carbocycles. The van der Waals surface area contributed by atoms with Crippen LogP contribution >= 0.6 is 15.9 Å². The number of anilines is 2. The molecular weight excluding hydrogens is 600 g/mol. The summed E-state index contributed by atoms with van der Waals surface area (Å²) >= 11 is 3.26. The number of hydrogen-bond donors (Lipinski definition) is 2. The van der Waals surface area contributed by atoms with Crippen molar-refractivity contribution in [3.8, 4) is 0 Å². The van der Waals surface area contributed by atoms with Gasteiger partial charge in [0.1, 0.15) is 4.60 Å². The van der Waals surface area contributed by atoms with Crippen LogP contribution in [0.2, 0.25) is 0 Å². The van der Waals surface area contributed by atoms with E-state index in [-0.39, 0.29) is 12.5 Å². The first-order chi connectivity index (χ1) is 20.1. The van der Waals surface area contributed by atoms with Crippen molar-refractivity contribution >= 4 is 51.8 Å². The topological polar surface area (TPSA) is 159 Å². The van der Waals surface area contributed by atoms with Gasteiger partial charge in [0.05, 0.1) is 6.33 Å². The van der Waals surface area contributed by atoms with E-state index >= 15 is 0 Å². The molecule has 4 atom stereocenters. The van der Waals surface area contributed by atoms with Gasteiger partial charge in [-0.2, -0.15) is 9.97 Å². The number of halogens is 1. The molecule has 2 N–H and O–H groups in total. The molecule has 0 radical (unpaired) electrons. The van der Waals surface area contributed by atoms with E-state index < -0.39 is 24.5 Å². The van der Waals surface area contributed by atoms with Gasteiger partial charge >= 0.3 is 0 Å². The maximum Gasteiger partial charge on any atom is 0.293 e. The van der Waals surface area contributed by atoms with Crippen LogP contribution in [0.5, 0.6) is 0 Å². The fourth-order valence-electron chi connectivity index (χ4n) is 5.39. The predicted molar refractivity (Wildman–Crippen MR) is 151 cm³/mol. The van der Waals surface area contributed by atoms with Gasteiger partial charge in [0, 0.05) is 25.2 Å². The third kappa shape index (κ3) is 6.46. The fourth-order valence-corrected chi connectivity index (χ4v) is 5.69. The molecule has 0 unspecified atom stereocenters. The molecule has 2 saturated heterocycles. The Balaban J connectivity index is 1.49. The summed E-state index contributed by atoms with van der Waals surface area (Å²) in [6.07, 6.45) is 3.20. The van der Waals surface area contributed by atoms with Gasteiger partial charge in [0.15, 0.2) is 47.3 Å². The molecule has 0 spiro atoms. The average Bonchev–Trinajstić information content (AvgIpc) is 3.70. The minimum atomic E-state index is -1.02. The molecule has 15 heteroatoms. The number of nitrogens with zero attached hydrogens (tertiary/aromatic N) is 6. The number of likely N-dealkylation sites (tertiary alicyclic amines) is 1. The Hall–Kier alpha value is -3.30. The highest BCUT2D eigenvalue weighted by atomic mass is 79.9. The molecule has 3 aromatic rings. The highest BCUT2D eigenvalue weighted by Gasteiger charge is 2.51. The molecule has 5 rings (SSSR count). The molecule has 2 fully saturated rings. The second-order valence-electron chi connectivity index (χ2n) is 10.1. The third-order valence-electron chi connectivity index (χ3n) is 7.58. The minimum Gasteiger partial charge on any atom is -0.457 e. The molecule has 0 bridgehead atoms. The number of rotatable bonds is 14. The lowest BCUT2D eigenvalue weighted by molar-refractivity contribution is -0.151. The molecule has 0 aromatic carbocycles. The smallest absolute Gasteiger partial charge is 0.293 e. The van der Waals surface area contributed by atoms with Gasteiger partial charge in [0.2, 0.25) is 5.95 Å². The summed E-state index contributed by atoms with van der Waals surface area (Å²) in [5.74, 6) is 1.32. The van der Waals surface area contributed by atoms with Crippen molar-refractivity contribution in [2.45, 2.75) is 76.5 Å². The van der Waals surface area contributed by atoms with Crippen LogP contribution in [0.1, 0.15) is 64.0 Å². The molecule has 14 nitrogen and oxygen atoms in total. The zero-order valence-corrected chi connectivity index (χ0v) is 24.7. The number of aromatic nitrogens is 5. The van der Waals surface area contributed by atoms with E-state index in [1.165, 1.54) is 19.3 Å². The molecule has 5 heterocycles. The largest absolute Gasteiger partial charge is 0.457 e. The Morgan fingerprint density at radius 2 is 1.88 bits per heavy atom. The van der Waals surface area contributed by atoms with Crippen molar-refractivity contribution in [2.24, 2.45) is 0 Å². The van der Waals surface area contributed by atoms with Gasteiger partial charge in [-0.3, -0.25) is 14.2 Å². The number of fused-ring (bicyclic) bond motifs is 1. The first-order valence-electron chi connectivity index (χ1n) is 14.0. The van der Waals surface area contributed by atoms with Crippen molar-refractivity contribution in [3.05, 3.63) is 22.8 Å². The standard InChI is InChI=1S/C26H35BrN8O6/c1-3-16(4-2)30-23-19-24(32-26(31-23)28-8-11-34-9-6-5-7-10-34)35(13-29-19)25-22(39-15-37)21(38-14-36)20(40-25)17-12-18(27)33-41-17/h12-16,20-22,25H,3-11H2,1-2H3,(H2,28,30,31,32)/t20-,21+,22-,25-/m1/s1. The zero-order valence-electron chi connectivity index (χ0n) is 23.1. The first kappa shape index (κ1) is 29.2. The van der Waals surface area contributed by atoms with Crippen LogP contribution < -0.4 is 10.6 Å². The van der Waals surface area contributed by atoms with Crippen LogP contribution in [0.25, 0.3) is 11.2 Å². The Morgan fingerprint density at radius 3 is 2.56 bits per heavy atom. The first-order valence-corrected chi connectivity index (χ1v) is 14.8. The fraction of sp³-hybridized carbons (Fsp3) is 0.615. The molecule has 2 aliphatic heterocycles. The van der Waals surface area contributed by atoms with Gasteiger partial charge in [0.25, 0.3) is 12.9 Å². The average molecular weight is 636 g/mol. The Kier molecular flexibility index (Phi) is 9.67. The predicted octanol–water partition coefficient (Wildman–Crippen LogP) is 3.43. The summed E-state index contributed by atoms with van der Waals surface area (Å²) in [4.78, 5) is 39.6. The monoisotopic (exact) mass is 634 g/mol. The highest BCUT2D eigenvalue weighted by molar-refractivity contribution is 9.10. The minimum absolute atomic E-state index is 0.188. The molecule has 2 aliphatic rings. The number of imidazole rings is 1. The number of piperidine rings is 1. The van der Waals surface area contributed by atoms with Crippen molar-refractivity contribution in [1.82, 2.24) is 29.6 Å². The second-order valence-corrected chi connectivity index (χ2v) is 10.9. The van der Waals surface area contributed by atoms with Gasteiger partial charge in [-0.15, -0.1) is 0 Å². The zero-order chi connectivity index (χ0) is 28.8. The third-order valence-corrected chi connectivity index (χ3v) is 7.95. The van der Waals surface area contributed by atoms with Gasteiger partial charge in [-0.05, 0) is 54.7 Å². The Bertz CT molecular complexity index is 1310. The van der Waals surface area contributed by atoms with E-state index in [0.717, 1.165) is 32.5 Å². The number of ether oxygens (including phenoxy) is 3. The van der Waals surface area contributed by atoms with Crippen LogP contribution in [0, 0.1) is 0 Å². The maximum absolute atomic E-state index is 11.5. The number of carbonyl (C=O) groups is 2. The van der Waals surface area contributed by atoms with E-state index in [9.17, 15) is 9.59 Å². The molecule has 3 aromatic heterocycles. The lowest BCUT2D eigenvalue weighted by Crippen LogP contribution is -2.34. The normalized spacial score (nSPS) is 23.1. The summed E-state index contributed by atoms with van der Waals surface area (Å²) in [7, 11) is 0. The number of carbonyl (C=O) groups excluding carboxylic acids is 2. The van der Waals surface area contributed by atoms with Gasteiger partial charge in [-0.1, -0.05) is 25.4 Å². The van der Waals surface area contributed by atoms with Gasteiger partial charge in [-0.25, -0.2) is 4.98 Å². The van der Waals surface area contributed by atoms with E-state index in [1.54, 1.807) is 17.0 Å². The molecular formula is C26H35BrN8O6. The molecule has 41 heavy (non-hydrogen) atoms. The molecule has 0 amide bonds. The SMILES string of the molecule is CCC(CC)Nc1nc(NCCN2CCCCC2)nc2c1ncn2[C@@H]1O[C@H](c2cc(Br)no2)[C@H](OC=O)[C@H]1OC=O. The lowest BCUT2D eigenvalue weighted by Gasteiger charge is -2.26. The van der Waals surface area contributed by atoms with Crippen molar-refractivity contribution < 1.29 is 28.3 Å². The van der Waals surface area contributed by atoms with Crippen molar-refractivity contribution in [1.29, 1.82) is 0 Å². The van der Waals surface area contributed by atoms with Crippen LogP contribution in [-0.4, -0.2) is 86.9 Å². The number of hydrogen-bond acceptors (Lipinski definition) is 13. The summed E-state index contributed by atoms with van der Waals surface area (Å²) in [5, 5.41) is 10.7. The van der Waals surface area contributed by atoms with E-state index in [0.29, 0.717) is 46.3 Å². The molecule has 0 aliphatic carbocycles. The Labute approximate surface area is 245 Å². The van der Waals surface area contributed by atoms with Crippen molar-refractivity contribution in [2.75, 3.05) is 36.8 Å². The number of nitrogens with one attached hydrogen (secondary N) is 2. The summed E-state index contributed by atoms with van der Waals surface area (Å²) < 4.78 is 24.5. The lowest BCUT2D eigenvalue weighted by atomic mass is 10.1. The Morgan fingerprint density at radius 1 is 1.12 bits per heavy atom. The summed E-state index contributed by atoms with van der Waals surface area (Å²) in [5.41, 5.74) is 0.994. The summed E-state index contributed by atoms with van der Waals surface area (Å²) in [6, 6.07) is 1.79. The van der Waals surface area contributed by atoms with E-state index in [2.05, 4.69) is 55.5 Å². The van der Waals surface area contributed by atoms with Crippen molar-refractivity contribution in [3.63, 3.8) is 0 Å². The van der Waals surface area contributed by atoms with E-state index in [4.69, 9.17) is 28.7 Å². The van der Waals surface area contributed by atoms with E-state index in [1.807, 2.05) is 0 Å².